The highest BCUT2D eigenvalue weighted by Gasteiger charge is 2.27. The third kappa shape index (κ3) is 15.4. The minimum Gasteiger partial charge on any atom is -0.0910 e. The Bertz CT molecular complexity index is 253. The first-order chi connectivity index (χ1) is 13.6. The lowest BCUT2D eigenvalue weighted by Crippen LogP contribution is -2.24. The van der Waals surface area contributed by atoms with Gasteiger partial charge in [-0.3, -0.25) is 0 Å². The monoisotopic (exact) mass is 408 g/mol. The van der Waals surface area contributed by atoms with E-state index in [1.54, 1.807) is 15.8 Å². The molecule has 0 heterocycles. The summed E-state index contributed by atoms with van der Waals surface area (Å²) in [5, 5.41) is 4.98. The van der Waals surface area contributed by atoms with Crippen LogP contribution in [-0.2, 0) is 0 Å². The lowest BCUT2D eigenvalue weighted by molar-refractivity contribution is 0.446. The molecular weight excluding hydrogens is 351 g/mol. The van der Waals surface area contributed by atoms with Gasteiger partial charge in [0.15, 0.2) is 0 Å². The summed E-state index contributed by atoms with van der Waals surface area (Å²) in [4.78, 5) is 0. The SMILES string of the molecule is CCCCCC(CC)[CH2][Al]([CH2]C(CC)CCCCC)[CH2]C(CC)CCCCC. The largest absolute Gasteiger partial charge is 0.262 e. The molecule has 0 aromatic heterocycles. The molecule has 1 heteroatoms. The first kappa shape index (κ1) is 28.5. The Kier molecular flexibility index (Phi) is 21.2. The van der Waals surface area contributed by atoms with Crippen LogP contribution in [0.15, 0.2) is 0 Å². The first-order valence-corrected chi connectivity index (χ1v) is 16.1. The van der Waals surface area contributed by atoms with Crippen LogP contribution >= 0.6 is 0 Å². The molecule has 0 aliphatic heterocycles. The minimum atomic E-state index is -0.615. The van der Waals surface area contributed by atoms with Crippen molar-refractivity contribution in [2.45, 2.75) is 154 Å². The van der Waals surface area contributed by atoms with Crippen LogP contribution in [0.5, 0.6) is 0 Å². The van der Waals surface area contributed by atoms with E-state index < -0.39 is 14.1 Å². The van der Waals surface area contributed by atoms with E-state index in [4.69, 9.17) is 0 Å². The maximum atomic E-state index is 2.47. The van der Waals surface area contributed by atoms with Gasteiger partial charge >= 0.3 is 0 Å². The van der Waals surface area contributed by atoms with Crippen LogP contribution in [0.4, 0.5) is 0 Å². The highest BCUT2D eigenvalue weighted by Crippen LogP contribution is 2.32. The molecular formula is C27H57Al. The Morgan fingerprint density at radius 3 is 0.929 bits per heavy atom. The lowest BCUT2D eigenvalue weighted by Gasteiger charge is -2.26. The van der Waals surface area contributed by atoms with Crippen LogP contribution in [-0.4, -0.2) is 14.1 Å². The van der Waals surface area contributed by atoms with Crippen molar-refractivity contribution in [3.63, 3.8) is 0 Å². The van der Waals surface area contributed by atoms with Gasteiger partial charge in [-0.2, -0.15) is 0 Å². The molecule has 0 rings (SSSR count). The second-order valence-corrected chi connectivity index (χ2v) is 13.0. The fraction of sp³-hybridized carbons (Fsp3) is 1.00. The molecule has 3 unspecified atom stereocenters. The van der Waals surface area contributed by atoms with E-state index >= 15 is 0 Å². The topological polar surface area (TPSA) is 0 Å². The Balaban J connectivity index is 4.84. The van der Waals surface area contributed by atoms with Crippen LogP contribution in [0.2, 0.25) is 15.8 Å². The molecule has 0 N–H and O–H groups in total. The second-order valence-electron chi connectivity index (χ2n) is 9.88. The Hall–Kier alpha value is 0.532. The van der Waals surface area contributed by atoms with Gasteiger partial charge in [0.2, 0.25) is 0 Å². The smallest absolute Gasteiger partial charge is 0.0910 e. The molecule has 0 aliphatic rings. The third-order valence-electron chi connectivity index (χ3n) is 7.38. The Morgan fingerprint density at radius 2 is 0.714 bits per heavy atom. The van der Waals surface area contributed by atoms with Gasteiger partial charge in [0.25, 0.3) is 14.1 Å². The fourth-order valence-corrected chi connectivity index (χ4v) is 10.3. The van der Waals surface area contributed by atoms with Crippen LogP contribution in [0.25, 0.3) is 0 Å². The molecule has 0 amide bonds. The average Bonchev–Trinajstić information content (AvgIpc) is 2.71. The zero-order valence-electron chi connectivity index (χ0n) is 21.0. The molecule has 0 nitrogen and oxygen atoms in total. The third-order valence-corrected chi connectivity index (χ3v) is 11.4. The van der Waals surface area contributed by atoms with E-state index in [-0.39, 0.29) is 0 Å². The molecule has 0 fully saturated rings. The van der Waals surface area contributed by atoms with Gasteiger partial charge in [0.05, 0.1) is 0 Å². The minimum absolute atomic E-state index is 0.615. The van der Waals surface area contributed by atoms with Gasteiger partial charge in [-0.15, -0.1) is 0 Å². The number of unbranched alkanes of at least 4 members (excludes halogenated alkanes) is 6. The van der Waals surface area contributed by atoms with Crippen molar-refractivity contribution in [2.75, 3.05) is 0 Å². The van der Waals surface area contributed by atoms with Crippen LogP contribution in [0.3, 0.4) is 0 Å². The summed E-state index contributed by atoms with van der Waals surface area (Å²) in [7, 11) is 0. The van der Waals surface area contributed by atoms with Crippen molar-refractivity contribution in [1.29, 1.82) is 0 Å². The summed E-state index contributed by atoms with van der Waals surface area (Å²) in [6.45, 7) is 14.5. The second kappa shape index (κ2) is 20.8. The molecule has 168 valence electrons. The molecule has 0 spiro atoms. The predicted octanol–water partition coefficient (Wildman–Crippen LogP) is 10.3. The molecule has 0 aromatic carbocycles. The van der Waals surface area contributed by atoms with Crippen molar-refractivity contribution in [3.8, 4) is 0 Å². The fourth-order valence-electron chi connectivity index (χ4n) is 5.22. The van der Waals surface area contributed by atoms with Crippen molar-refractivity contribution >= 4 is 14.1 Å². The highest BCUT2D eigenvalue weighted by atomic mass is 27.2. The first-order valence-electron chi connectivity index (χ1n) is 13.6. The normalized spacial score (nSPS) is 14.8. The van der Waals surface area contributed by atoms with Gasteiger partial charge in [-0.1, -0.05) is 171 Å². The lowest BCUT2D eigenvalue weighted by atomic mass is 10.00. The molecule has 0 radical (unpaired) electrons. The van der Waals surface area contributed by atoms with E-state index in [0.29, 0.717) is 0 Å². The van der Waals surface area contributed by atoms with Gasteiger partial charge in [0, 0.05) is 0 Å². The van der Waals surface area contributed by atoms with Gasteiger partial charge in [-0.05, 0) is 0 Å². The molecule has 0 aromatic rings. The van der Waals surface area contributed by atoms with E-state index in [0.717, 1.165) is 17.8 Å². The van der Waals surface area contributed by atoms with Gasteiger partial charge in [0.1, 0.15) is 0 Å². The van der Waals surface area contributed by atoms with E-state index in [2.05, 4.69) is 41.5 Å². The van der Waals surface area contributed by atoms with Crippen molar-refractivity contribution in [1.82, 2.24) is 0 Å². The Labute approximate surface area is 185 Å². The molecule has 28 heavy (non-hydrogen) atoms. The van der Waals surface area contributed by atoms with Crippen LogP contribution in [0.1, 0.15) is 138 Å². The van der Waals surface area contributed by atoms with Crippen LogP contribution in [0, 0.1) is 17.8 Å². The number of hydrogen-bond acceptors (Lipinski definition) is 0. The Morgan fingerprint density at radius 1 is 0.429 bits per heavy atom. The summed E-state index contributed by atoms with van der Waals surface area (Å²) in [6, 6.07) is 0. The summed E-state index contributed by atoms with van der Waals surface area (Å²) < 4.78 is 0. The quantitative estimate of drug-likeness (QED) is 0.131. The summed E-state index contributed by atoms with van der Waals surface area (Å²) >= 11 is -0.615. The summed E-state index contributed by atoms with van der Waals surface area (Å²) in [5.41, 5.74) is 0. The van der Waals surface area contributed by atoms with Crippen molar-refractivity contribution < 1.29 is 0 Å². The highest BCUT2D eigenvalue weighted by molar-refractivity contribution is 6.59. The predicted molar refractivity (Wildman–Crippen MR) is 134 cm³/mol. The van der Waals surface area contributed by atoms with Crippen molar-refractivity contribution in [2.24, 2.45) is 17.8 Å². The van der Waals surface area contributed by atoms with E-state index in [1.165, 1.54) is 96.3 Å². The zero-order valence-corrected chi connectivity index (χ0v) is 22.2. The van der Waals surface area contributed by atoms with Crippen LogP contribution < -0.4 is 0 Å². The van der Waals surface area contributed by atoms with E-state index in [9.17, 15) is 0 Å². The standard InChI is InChI=1S/3C9H19.Al/c3*1-4-6-7-8-9(3)5-2;/h3*9H,3-8H2,1-2H3;. The summed E-state index contributed by atoms with van der Waals surface area (Å²) in [6.07, 6.45) is 21.8. The summed E-state index contributed by atoms with van der Waals surface area (Å²) in [5.74, 6) is 3.14. The van der Waals surface area contributed by atoms with Crippen molar-refractivity contribution in [3.05, 3.63) is 0 Å². The number of rotatable bonds is 21. The van der Waals surface area contributed by atoms with E-state index in [1.807, 2.05) is 0 Å². The maximum absolute atomic E-state index is 2.47. The number of hydrogen-bond donors (Lipinski definition) is 0. The maximum Gasteiger partial charge on any atom is 0.262 e. The van der Waals surface area contributed by atoms with Gasteiger partial charge in [-0.25, -0.2) is 0 Å². The average molecular weight is 409 g/mol. The van der Waals surface area contributed by atoms with Gasteiger partial charge < -0.3 is 0 Å². The molecule has 0 saturated heterocycles. The zero-order chi connectivity index (χ0) is 21.0. The molecule has 0 aliphatic carbocycles. The molecule has 0 saturated carbocycles. The molecule has 3 atom stereocenters. The molecule has 0 bridgehead atoms.